The number of esters is 2. The van der Waals surface area contributed by atoms with Gasteiger partial charge in [-0.1, -0.05) is 12.1 Å². The quantitative estimate of drug-likeness (QED) is 0.229. The maximum absolute atomic E-state index is 12.7. The molecule has 10 nitrogen and oxygen atoms in total. The molecule has 0 N–H and O–H groups in total. The molecule has 0 saturated heterocycles. The van der Waals surface area contributed by atoms with Crippen LogP contribution in [0, 0.1) is 16.0 Å². The van der Waals surface area contributed by atoms with Crippen LogP contribution in [0.5, 0.6) is 23.0 Å². The van der Waals surface area contributed by atoms with Gasteiger partial charge in [-0.3, -0.25) is 19.7 Å². The van der Waals surface area contributed by atoms with Gasteiger partial charge in [-0.05, 0) is 5.56 Å². The lowest BCUT2D eigenvalue weighted by molar-refractivity contribution is -0.384. The zero-order chi connectivity index (χ0) is 22.0. The number of benzene rings is 2. The molecule has 30 heavy (non-hydrogen) atoms. The normalized spacial score (nSPS) is 17.4. The average Bonchev–Trinajstić information content (AvgIpc) is 2.76. The molecule has 2 aromatic carbocycles. The van der Waals surface area contributed by atoms with Crippen LogP contribution in [0.15, 0.2) is 30.3 Å². The molecule has 0 bridgehead atoms. The van der Waals surface area contributed by atoms with Gasteiger partial charge in [0.15, 0.2) is 17.4 Å². The number of non-ortho nitro benzene ring substituents is 1. The van der Waals surface area contributed by atoms with Crippen molar-refractivity contribution in [3.63, 3.8) is 0 Å². The summed E-state index contributed by atoms with van der Waals surface area (Å²) in [6.07, 6.45) is 0. The Bertz CT molecular complexity index is 1000. The Kier molecular flexibility index (Phi) is 5.77. The van der Waals surface area contributed by atoms with Gasteiger partial charge in [0.1, 0.15) is 5.75 Å². The molecule has 0 aromatic heterocycles. The van der Waals surface area contributed by atoms with Crippen LogP contribution in [0.25, 0.3) is 0 Å². The highest BCUT2D eigenvalue weighted by Gasteiger charge is 2.47. The minimum atomic E-state index is -1.35. The molecule has 158 valence electrons. The smallest absolute Gasteiger partial charge is 0.326 e. The van der Waals surface area contributed by atoms with Gasteiger partial charge >= 0.3 is 11.9 Å². The van der Waals surface area contributed by atoms with Crippen LogP contribution in [0.3, 0.4) is 0 Å². The fourth-order valence-electron chi connectivity index (χ4n) is 3.53. The summed E-state index contributed by atoms with van der Waals surface area (Å²) in [5.41, 5.74) is 0.685. The van der Waals surface area contributed by atoms with Crippen molar-refractivity contribution < 1.29 is 38.2 Å². The molecule has 0 fully saturated rings. The summed E-state index contributed by atoms with van der Waals surface area (Å²) in [5, 5.41) is 11.0. The Hall–Kier alpha value is -3.82. The molecule has 0 amide bonds. The fourth-order valence-corrected chi connectivity index (χ4v) is 3.53. The number of nitrogens with zero attached hydrogens (tertiary/aromatic N) is 1. The molecular weight excluding hydrogens is 398 g/mol. The molecule has 1 aliphatic rings. The molecule has 3 rings (SSSR count). The van der Waals surface area contributed by atoms with Gasteiger partial charge in [-0.25, -0.2) is 0 Å². The highest BCUT2D eigenvalue weighted by atomic mass is 16.6. The minimum Gasteiger partial charge on any atom is -0.493 e. The summed E-state index contributed by atoms with van der Waals surface area (Å²) in [7, 11) is 5.39. The Balaban J connectivity index is 2.31. The van der Waals surface area contributed by atoms with Gasteiger partial charge in [-0.15, -0.1) is 0 Å². The summed E-state index contributed by atoms with van der Waals surface area (Å²) in [6, 6.07) is 6.97. The van der Waals surface area contributed by atoms with Crippen LogP contribution in [-0.4, -0.2) is 45.3 Å². The van der Waals surface area contributed by atoms with Crippen LogP contribution in [0.1, 0.15) is 17.0 Å². The van der Waals surface area contributed by atoms with E-state index in [2.05, 4.69) is 0 Å². The maximum atomic E-state index is 12.7. The topological polar surface area (TPSA) is 123 Å². The van der Waals surface area contributed by atoms with Gasteiger partial charge < -0.3 is 23.7 Å². The van der Waals surface area contributed by atoms with Crippen LogP contribution in [0.4, 0.5) is 5.69 Å². The average molecular weight is 417 g/mol. The third kappa shape index (κ3) is 3.36. The van der Waals surface area contributed by atoms with E-state index in [0.717, 1.165) is 7.11 Å². The lowest BCUT2D eigenvalue weighted by Crippen LogP contribution is -2.38. The van der Waals surface area contributed by atoms with E-state index in [1.165, 1.54) is 51.7 Å². The number of ether oxygens (including phenoxy) is 5. The van der Waals surface area contributed by atoms with Gasteiger partial charge in [0, 0.05) is 24.1 Å². The van der Waals surface area contributed by atoms with Crippen molar-refractivity contribution in [2.45, 2.75) is 5.92 Å². The van der Waals surface area contributed by atoms with Gasteiger partial charge in [0.25, 0.3) is 5.69 Å². The zero-order valence-electron chi connectivity index (χ0n) is 16.7. The van der Waals surface area contributed by atoms with Crippen molar-refractivity contribution >= 4 is 17.6 Å². The Morgan fingerprint density at radius 2 is 1.67 bits per heavy atom. The number of carbonyl (C=O) groups excluding carboxylic acids is 2. The molecular formula is C20H19NO9. The Morgan fingerprint density at radius 3 is 2.17 bits per heavy atom. The number of methoxy groups -OCH3 is 4. The summed E-state index contributed by atoms with van der Waals surface area (Å²) < 4.78 is 26.5. The second-order valence-electron chi connectivity index (χ2n) is 6.31. The summed E-state index contributed by atoms with van der Waals surface area (Å²) in [6.45, 7) is 0. The molecule has 1 heterocycles. The monoisotopic (exact) mass is 417 g/mol. The Labute approximate surface area is 171 Å². The third-order valence-electron chi connectivity index (χ3n) is 4.86. The lowest BCUT2D eigenvalue weighted by atomic mass is 9.78. The molecule has 0 unspecified atom stereocenters. The highest BCUT2D eigenvalue weighted by Crippen LogP contribution is 2.54. The highest BCUT2D eigenvalue weighted by molar-refractivity contribution is 5.99. The molecule has 0 saturated carbocycles. The summed E-state index contributed by atoms with van der Waals surface area (Å²) >= 11 is 0. The number of rotatable bonds is 6. The summed E-state index contributed by atoms with van der Waals surface area (Å²) in [4.78, 5) is 35.7. The van der Waals surface area contributed by atoms with E-state index in [0.29, 0.717) is 11.1 Å². The largest absolute Gasteiger partial charge is 0.493 e. The predicted molar refractivity (Wildman–Crippen MR) is 102 cm³/mol. The minimum absolute atomic E-state index is 0.123. The first kappa shape index (κ1) is 20.9. The maximum Gasteiger partial charge on any atom is 0.326 e. The van der Waals surface area contributed by atoms with Crippen LogP contribution < -0.4 is 18.9 Å². The standard InChI is InChI=1S/C20H19NO9/c1-26-13-9-12-15(18(28-3)17(13)27-2)14(16(19(22)29-4)20(23)30-12)10-5-7-11(8-6-10)21(24)25/h5-9,14,16H,1-4H3/t14-,16-/m1/s1. The van der Waals surface area contributed by atoms with E-state index in [-0.39, 0.29) is 28.7 Å². The number of nitro groups is 1. The third-order valence-corrected chi connectivity index (χ3v) is 4.86. The van der Waals surface area contributed by atoms with Crippen molar-refractivity contribution in [2.75, 3.05) is 28.4 Å². The Morgan fingerprint density at radius 1 is 1.03 bits per heavy atom. The van der Waals surface area contributed by atoms with Crippen molar-refractivity contribution in [3.8, 4) is 23.0 Å². The van der Waals surface area contributed by atoms with Gasteiger partial charge in [0.2, 0.25) is 5.75 Å². The lowest BCUT2D eigenvalue weighted by Gasteiger charge is -2.32. The molecule has 0 aliphatic carbocycles. The fraction of sp³-hybridized carbons (Fsp3) is 0.300. The van der Waals surface area contributed by atoms with E-state index in [4.69, 9.17) is 23.7 Å². The second-order valence-corrected chi connectivity index (χ2v) is 6.31. The zero-order valence-corrected chi connectivity index (χ0v) is 16.7. The first-order valence-corrected chi connectivity index (χ1v) is 8.74. The molecule has 1 aliphatic heterocycles. The first-order valence-electron chi connectivity index (χ1n) is 8.74. The second kappa shape index (κ2) is 8.27. The van der Waals surface area contributed by atoms with Gasteiger partial charge in [0.05, 0.1) is 38.9 Å². The van der Waals surface area contributed by atoms with E-state index in [9.17, 15) is 19.7 Å². The van der Waals surface area contributed by atoms with Crippen molar-refractivity contribution in [3.05, 3.63) is 51.6 Å². The van der Waals surface area contributed by atoms with Crippen molar-refractivity contribution in [1.82, 2.24) is 0 Å². The van der Waals surface area contributed by atoms with E-state index in [1.807, 2.05) is 0 Å². The molecule has 2 aromatic rings. The van der Waals surface area contributed by atoms with Crippen molar-refractivity contribution in [1.29, 1.82) is 0 Å². The molecule has 0 radical (unpaired) electrons. The van der Waals surface area contributed by atoms with Crippen LogP contribution in [0.2, 0.25) is 0 Å². The molecule has 2 atom stereocenters. The van der Waals surface area contributed by atoms with E-state index >= 15 is 0 Å². The van der Waals surface area contributed by atoms with Gasteiger partial charge in [-0.2, -0.15) is 0 Å². The van der Waals surface area contributed by atoms with E-state index < -0.39 is 28.7 Å². The number of fused-ring (bicyclic) bond motifs is 1. The molecule has 10 heteroatoms. The molecule has 0 spiro atoms. The van der Waals surface area contributed by atoms with Crippen LogP contribution >= 0.6 is 0 Å². The number of nitro benzene ring substituents is 1. The van der Waals surface area contributed by atoms with E-state index in [1.54, 1.807) is 0 Å². The number of hydrogen-bond donors (Lipinski definition) is 0. The number of carbonyl (C=O) groups is 2. The predicted octanol–water partition coefficient (Wildman–Crippen LogP) is 2.46. The number of hydrogen-bond acceptors (Lipinski definition) is 9. The van der Waals surface area contributed by atoms with Crippen molar-refractivity contribution in [2.24, 2.45) is 5.92 Å². The van der Waals surface area contributed by atoms with Crippen LogP contribution in [-0.2, 0) is 14.3 Å². The first-order chi connectivity index (χ1) is 14.4. The summed E-state index contributed by atoms with van der Waals surface area (Å²) in [5.74, 6) is -3.06. The SMILES string of the molecule is COC(=O)[C@@H]1C(=O)Oc2cc(OC)c(OC)c(OC)c2[C@H]1c1ccc([N+](=O)[O-])cc1.